The normalized spacial score (nSPS) is 12.7. The van der Waals surface area contributed by atoms with Crippen molar-refractivity contribution in [1.82, 2.24) is 5.32 Å². The van der Waals surface area contributed by atoms with Gasteiger partial charge in [-0.1, -0.05) is 48.9 Å². The summed E-state index contributed by atoms with van der Waals surface area (Å²) in [5.41, 5.74) is 2.40. The fourth-order valence-electron chi connectivity index (χ4n) is 2.85. The van der Waals surface area contributed by atoms with Gasteiger partial charge in [-0.05, 0) is 38.0 Å². The smallest absolute Gasteiger partial charge is 0.342 e. The largest absolute Gasteiger partial charge is 0.496 e. The van der Waals surface area contributed by atoms with Crippen LogP contribution in [0.25, 0.3) is 0 Å². The molecule has 1 amide bonds. The number of carbonyl (C=O) groups is 2. The number of esters is 1. The van der Waals surface area contributed by atoms with Crippen molar-refractivity contribution in [1.29, 1.82) is 0 Å². The molecule has 0 saturated carbocycles. The minimum atomic E-state index is -0.893. The zero-order valence-corrected chi connectivity index (χ0v) is 16.3. The molecule has 2 aromatic carbocycles. The van der Waals surface area contributed by atoms with Crippen LogP contribution in [0.3, 0.4) is 0 Å². The van der Waals surface area contributed by atoms with E-state index >= 15 is 0 Å². The molecule has 0 aromatic heterocycles. The van der Waals surface area contributed by atoms with Gasteiger partial charge in [0.1, 0.15) is 11.3 Å². The first kappa shape index (κ1) is 20.5. The molecule has 2 aromatic rings. The van der Waals surface area contributed by atoms with E-state index in [1.807, 2.05) is 43.3 Å². The van der Waals surface area contributed by atoms with Gasteiger partial charge in [-0.2, -0.15) is 0 Å². The second-order valence-electron chi connectivity index (χ2n) is 6.51. The Bertz CT molecular complexity index is 773. The predicted molar refractivity (Wildman–Crippen MR) is 105 cm³/mol. The Balaban J connectivity index is 1.95. The third-order valence-corrected chi connectivity index (χ3v) is 4.51. The third kappa shape index (κ3) is 5.58. The first-order valence-corrected chi connectivity index (χ1v) is 9.14. The molecule has 0 spiro atoms. The molecular formula is C22H27NO4. The summed E-state index contributed by atoms with van der Waals surface area (Å²) in [5, 5.41) is 2.88. The number of rotatable bonds is 8. The zero-order valence-electron chi connectivity index (χ0n) is 16.3. The van der Waals surface area contributed by atoms with Crippen molar-refractivity contribution in [3.63, 3.8) is 0 Å². The van der Waals surface area contributed by atoms with E-state index in [9.17, 15) is 9.59 Å². The van der Waals surface area contributed by atoms with E-state index in [1.165, 1.54) is 12.7 Å². The Hall–Kier alpha value is -2.82. The van der Waals surface area contributed by atoms with Crippen LogP contribution in [0.4, 0.5) is 0 Å². The van der Waals surface area contributed by atoms with Crippen molar-refractivity contribution >= 4 is 11.9 Å². The zero-order chi connectivity index (χ0) is 19.8. The molecule has 5 nitrogen and oxygen atoms in total. The van der Waals surface area contributed by atoms with Gasteiger partial charge in [0.2, 0.25) is 0 Å². The number of hydrogen-bond donors (Lipinski definition) is 1. The van der Waals surface area contributed by atoms with E-state index in [0.717, 1.165) is 12.0 Å². The molecule has 0 aliphatic rings. The van der Waals surface area contributed by atoms with Gasteiger partial charge in [-0.3, -0.25) is 4.79 Å². The fourth-order valence-corrected chi connectivity index (χ4v) is 2.85. The number of ether oxygens (including phenoxy) is 2. The van der Waals surface area contributed by atoms with Crippen molar-refractivity contribution in [2.24, 2.45) is 0 Å². The highest BCUT2D eigenvalue weighted by Crippen LogP contribution is 2.21. The molecule has 0 fully saturated rings. The van der Waals surface area contributed by atoms with Crippen LogP contribution in [0, 0.1) is 6.92 Å². The number of benzene rings is 2. The number of aryl methyl sites for hydroxylation is 1. The Morgan fingerprint density at radius 1 is 1.11 bits per heavy atom. The van der Waals surface area contributed by atoms with Gasteiger partial charge in [0, 0.05) is 12.5 Å². The minimum absolute atomic E-state index is 0.218. The van der Waals surface area contributed by atoms with Gasteiger partial charge in [-0.25, -0.2) is 4.79 Å². The molecule has 0 aliphatic heterocycles. The molecule has 144 valence electrons. The molecule has 0 heterocycles. The average molecular weight is 369 g/mol. The summed E-state index contributed by atoms with van der Waals surface area (Å²) >= 11 is 0. The second-order valence-corrected chi connectivity index (χ2v) is 6.51. The van der Waals surface area contributed by atoms with Crippen molar-refractivity contribution in [2.45, 2.75) is 39.2 Å². The Morgan fingerprint density at radius 2 is 1.81 bits per heavy atom. The predicted octanol–water partition coefficient (Wildman–Crippen LogP) is 3.86. The van der Waals surface area contributed by atoms with Crippen LogP contribution in [0.1, 0.15) is 47.7 Å². The van der Waals surface area contributed by atoms with Gasteiger partial charge in [-0.15, -0.1) is 0 Å². The molecular weight excluding hydrogens is 342 g/mol. The van der Waals surface area contributed by atoms with E-state index in [0.29, 0.717) is 17.9 Å². The highest BCUT2D eigenvalue weighted by atomic mass is 16.5. The van der Waals surface area contributed by atoms with Gasteiger partial charge >= 0.3 is 5.97 Å². The van der Waals surface area contributed by atoms with Gasteiger partial charge in [0.15, 0.2) is 6.10 Å². The summed E-state index contributed by atoms with van der Waals surface area (Å²) in [5.74, 6) is -0.249. The molecule has 0 saturated heterocycles. The second kappa shape index (κ2) is 9.76. The molecule has 0 radical (unpaired) electrons. The lowest BCUT2D eigenvalue weighted by atomic mass is 9.96. The van der Waals surface area contributed by atoms with Crippen LogP contribution in [0.2, 0.25) is 0 Å². The quantitative estimate of drug-likeness (QED) is 0.718. The van der Waals surface area contributed by atoms with Crippen molar-refractivity contribution in [3.8, 4) is 5.75 Å². The van der Waals surface area contributed by atoms with Crippen LogP contribution in [-0.4, -0.2) is 31.6 Å². The van der Waals surface area contributed by atoms with E-state index in [1.54, 1.807) is 19.1 Å². The van der Waals surface area contributed by atoms with Crippen LogP contribution >= 0.6 is 0 Å². The Labute approximate surface area is 160 Å². The number of hydrogen-bond acceptors (Lipinski definition) is 4. The van der Waals surface area contributed by atoms with Crippen LogP contribution in [-0.2, 0) is 9.53 Å². The SMILES string of the molecule is CC[C@H](CNC(=O)[C@H](C)OC(=O)c1cc(C)ccc1OC)c1ccccc1. The average Bonchev–Trinajstić information content (AvgIpc) is 2.68. The minimum Gasteiger partial charge on any atom is -0.496 e. The lowest BCUT2D eigenvalue weighted by Crippen LogP contribution is -2.38. The van der Waals surface area contributed by atoms with Crippen molar-refractivity contribution < 1.29 is 19.1 Å². The monoisotopic (exact) mass is 369 g/mol. The van der Waals surface area contributed by atoms with Gasteiger partial charge in [0.25, 0.3) is 5.91 Å². The standard InChI is InChI=1S/C22H27NO4/c1-5-17(18-9-7-6-8-10-18)14-23-21(24)16(3)27-22(25)19-13-15(2)11-12-20(19)26-4/h6-13,16-17H,5,14H2,1-4H3,(H,23,24)/t16-,17+/m0/s1. The number of methoxy groups -OCH3 is 1. The maximum absolute atomic E-state index is 12.4. The Morgan fingerprint density at radius 3 is 2.44 bits per heavy atom. The molecule has 2 atom stereocenters. The highest BCUT2D eigenvalue weighted by Gasteiger charge is 2.22. The maximum atomic E-state index is 12.4. The molecule has 2 rings (SSSR count). The number of amides is 1. The van der Waals surface area contributed by atoms with Crippen molar-refractivity contribution in [3.05, 3.63) is 65.2 Å². The summed E-state index contributed by atoms with van der Waals surface area (Å²) in [6.45, 7) is 6.02. The summed E-state index contributed by atoms with van der Waals surface area (Å²) in [7, 11) is 1.49. The van der Waals surface area contributed by atoms with Crippen LogP contribution in [0.15, 0.2) is 48.5 Å². The van der Waals surface area contributed by atoms with E-state index < -0.39 is 12.1 Å². The maximum Gasteiger partial charge on any atom is 0.342 e. The number of nitrogens with one attached hydrogen (secondary N) is 1. The highest BCUT2D eigenvalue weighted by molar-refractivity contribution is 5.94. The first-order valence-electron chi connectivity index (χ1n) is 9.14. The topological polar surface area (TPSA) is 64.6 Å². The summed E-state index contributed by atoms with van der Waals surface area (Å²) in [4.78, 5) is 24.8. The molecule has 0 bridgehead atoms. The van der Waals surface area contributed by atoms with E-state index in [2.05, 4.69) is 12.2 Å². The molecule has 27 heavy (non-hydrogen) atoms. The molecule has 0 unspecified atom stereocenters. The van der Waals surface area contributed by atoms with E-state index in [-0.39, 0.29) is 11.8 Å². The Kier molecular flexibility index (Phi) is 7.41. The summed E-state index contributed by atoms with van der Waals surface area (Å²) in [6.07, 6.45) is 0.00914. The number of carbonyl (C=O) groups excluding carboxylic acids is 2. The first-order chi connectivity index (χ1) is 13.0. The molecule has 1 N–H and O–H groups in total. The fraction of sp³-hybridized carbons (Fsp3) is 0.364. The lowest BCUT2D eigenvalue weighted by molar-refractivity contribution is -0.129. The summed E-state index contributed by atoms with van der Waals surface area (Å²) < 4.78 is 10.5. The lowest BCUT2D eigenvalue weighted by Gasteiger charge is -2.19. The molecule has 0 aliphatic carbocycles. The van der Waals surface area contributed by atoms with Crippen molar-refractivity contribution in [2.75, 3.05) is 13.7 Å². The van der Waals surface area contributed by atoms with E-state index in [4.69, 9.17) is 9.47 Å². The van der Waals surface area contributed by atoms with Gasteiger partial charge < -0.3 is 14.8 Å². The summed E-state index contributed by atoms with van der Waals surface area (Å²) in [6, 6.07) is 15.3. The van der Waals surface area contributed by atoms with Crippen LogP contribution in [0.5, 0.6) is 5.75 Å². The van der Waals surface area contributed by atoms with Crippen LogP contribution < -0.4 is 10.1 Å². The van der Waals surface area contributed by atoms with Gasteiger partial charge in [0.05, 0.1) is 7.11 Å². The molecule has 5 heteroatoms. The third-order valence-electron chi connectivity index (χ3n) is 4.51.